The molecule has 0 nitrogen and oxygen atoms in total. The summed E-state index contributed by atoms with van der Waals surface area (Å²) in [6, 6.07) is 0. The lowest BCUT2D eigenvalue weighted by molar-refractivity contribution is 0.0242. The van der Waals surface area contributed by atoms with Crippen LogP contribution in [0, 0.1) is 34.5 Å². The summed E-state index contributed by atoms with van der Waals surface area (Å²) in [5.74, 6) is 4.46. The molecule has 0 spiro atoms. The van der Waals surface area contributed by atoms with Crippen molar-refractivity contribution in [3.63, 3.8) is 0 Å². The van der Waals surface area contributed by atoms with Gasteiger partial charge in [-0.1, -0.05) is 26.7 Å². The fourth-order valence-electron chi connectivity index (χ4n) is 6.92. The molecule has 17 heavy (non-hydrogen) atoms. The molecule has 4 aliphatic carbocycles. The van der Waals surface area contributed by atoms with Crippen molar-refractivity contribution >= 4 is 0 Å². The Balaban J connectivity index is 1.70. The van der Waals surface area contributed by atoms with Crippen LogP contribution in [0.2, 0.25) is 0 Å². The van der Waals surface area contributed by atoms with Gasteiger partial charge in [-0.2, -0.15) is 0 Å². The van der Waals surface area contributed by atoms with E-state index in [2.05, 4.69) is 13.8 Å². The molecule has 0 N–H and O–H groups in total. The third-order valence-electron chi connectivity index (χ3n) is 7.77. The van der Waals surface area contributed by atoms with Crippen molar-refractivity contribution in [2.24, 2.45) is 34.5 Å². The fourth-order valence-corrected chi connectivity index (χ4v) is 6.92. The highest BCUT2D eigenvalue weighted by Gasteiger charge is 2.61. The molecule has 0 heterocycles. The van der Waals surface area contributed by atoms with Gasteiger partial charge in [-0.15, -0.1) is 0 Å². The topological polar surface area (TPSA) is 0 Å². The summed E-state index contributed by atoms with van der Waals surface area (Å²) in [7, 11) is 0. The highest BCUT2D eigenvalue weighted by atomic mass is 14.7. The van der Waals surface area contributed by atoms with Crippen LogP contribution < -0.4 is 0 Å². The minimum atomic E-state index is 0.760. The van der Waals surface area contributed by atoms with Gasteiger partial charge >= 0.3 is 0 Å². The van der Waals surface area contributed by atoms with Gasteiger partial charge in [0.1, 0.15) is 0 Å². The second-order valence-electron chi connectivity index (χ2n) is 8.30. The first-order valence-electron chi connectivity index (χ1n) is 8.13. The van der Waals surface area contributed by atoms with E-state index in [0.29, 0.717) is 0 Å². The van der Waals surface area contributed by atoms with Gasteiger partial charge in [-0.25, -0.2) is 0 Å². The molecule has 4 saturated carbocycles. The molecule has 96 valence electrons. The molecule has 0 aromatic heterocycles. The zero-order chi connectivity index (χ0) is 11.7. The van der Waals surface area contributed by atoms with Crippen molar-refractivity contribution in [1.29, 1.82) is 0 Å². The molecular weight excluding hydrogens is 204 g/mol. The first-order valence-corrected chi connectivity index (χ1v) is 8.13. The second kappa shape index (κ2) is 3.31. The minimum absolute atomic E-state index is 0.760. The van der Waals surface area contributed by atoms with Crippen LogP contribution in [0.1, 0.15) is 71.6 Å². The van der Waals surface area contributed by atoms with E-state index in [4.69, 9.17) is 0 Å². The lowest BCUT2D eigenvalue weighted by Crippen LogP contribution is -2.39. The highest BCUT2D eigenvalue weighted by molar-refractivity contribution is 5.10. The molecule has 0 saturated heterocycles. The van der Waals surface area contributed by atoms with Crippen LogP contribution in [-0.2, 0) is 0 Å². The zero-order valence-electron chi connectivity index (χ0n) is 11.7. The van der Waals surface area contributed by atoms with Crippen LogP contribution in [0.5, 0.6) is 0 Å². The molecule has 0 aromatic rings. The summed E-state index contributed by atoms with van der Waals surface area (Å²) in [5, 5.41) is 0. The highest BCUT2D eigenvalue weighted by Crippen LogP contribution is 2.69. The Morgan fingerprint density at radius 1 is 0.824 bits per heavy atom. The summed E-state index contributed by atoms with van der Waals surface area (Å²) >= 11 is 0. The Morgan fingerprint density at radius 3 is 2.53 bits per heavy atom. The van der Waals surface area contributed by atoms with Gasteiger partial charge in [0.25, 0.3) is 0 Å². The van der Waals surface area contributed by atoms with Crippen molar-refractivity contribution < 1.29 is 0 Å². The quantitative estimate of drug-likeness (QED) is 0.549. The van der Waals surface area contributed by atoms with Crippen molar-refractivity contribution in [2.75, 3.05) is 0 Å². The molecule has 5 unspecified atom stereocenters. The average molecular weight is 232 g/mol. The number of hydrogen-bond donors (Lipinski definition) is 0. The maximum Gasteiger partial charge on any atom is -0.0266 e. The van der Waals surface area contributed by atoms with Crippen LogP contribution in [-0.4, -0.2) is 0 Å². The monoisotopic (exact) mass is 232 g/mol. The Kier molecular flexibility index (Phi) is 2.12. The number of hydrogen-bond acceptors (Lipinski definition) is 0. The van der Waals surface area contributed by atoms with Gasteiger partial charge in [-0.05, 0) is 79.4 Å². The third-order valence-corrected chi connectivity index (χ3v) is 7.77. The Morgan fingerprint density at radius 2 is 1.65 bits per heavy atom. The van der Waals surface area contributed by atoms with E-state index in [1.807, 2.05) is 0 Å². The van der Waals surface area contributed by atoms with Crippen LogP contribution in [0.3, 0.4) is 0 Å². The van der Waals surface area contributed by atoms with Crippen molar-refractivity contribution in [3.05, 3.63) is 0 Å². The van der Waals surface area contributed by atoms with Crippen LogP contribution in [0.4, 0.5) is 0 Å². The van der Waals surface area contributed by atoms with E-state index in [1.165, 1.54) is 12.8 Å². The second-order valence-corrected chi connectivity index (χ2v) is 8.30. The molecule has 0 aromatic carbocycles. The van der Waals surface area contributed by atoms with Crippen molar-refractivity contribution in [1.82, 2.24) is 0 Å². The predicted octanol–water partition coefficient (Wildman–Crippen LogP) is 5.03. The van der Waals surface area contributed by atoms with Crippen LogP contribution in [0.15, 0.2) is 0 Å². The molecule has 6 atom stereocenters. The van der Waals surface area contributed by atoms with E-state index < -0.39 is 0 Å². The molecule has 0 radical (unpaired) electrons. The third kappa shape index (κ3) is 1.25. The van der Waals surface area contributed by atoms with Gasteiger partial charge in [0.15, 0.2) is 0 Å². The Bertz CT molecular complexity index is 333. The predicted molar refractivity (Wildman–Crippen MR) is 71.7 cm³/mol. The molecule has 4 rings (SSSR count). The van der Waals surface area contributed by atoms with Gasteiger partial charge in [0.2, 0.25) is 0 Å². The van der Waals surface area contributed by atoms with E-state index in [9.17, 15) is 0 Å². The number of fused-ring (bicyclic) bond motifs is 5. The molecular formula is C17H28. The van der Waals surface area contributed by atoms with Crippen LogP contribution in [0.25, 0.3) is 0 Å². The maximum absolute atomic E-state index is 2.67. The van der Waals surface area contributed by atoms with Crippen molar-refractivity contribution in [2.45, 2.75) is 71.6 Å². The van der Waals surface area contributed by atoms with Gasteiger partial charge in [0.05, 0.1) is 0 Å². The fraction of sp³-hybridized carbons (Fsp3) is 1.00. The van der Waals surface area contributed by atoms with Crippen molar-refractivity contribution in [3.8, 4) is 0 Å². The summed E-state index contributed by atoms with van der Waals surface area (Å²) in [6.45, 7) is 5.31. The molecule has 0 heteroatoms. The average Bonchev–Trinajstić information content (AvgIpc) is 2.89. The van der Waals surface area contributed by atoms with Gasteiger partial charge < -0.3 is 0 Å². The lowest BCUT2D eigenvalue weighted by atomic mass is 9.58. The summed E-state index contributed by atoms with van der Waals surface area (Å²) < 4.78 is 0. The largest absolute Gasteiger partial charge is 0.0594 e. The summed E-state index contributed by atoms with van der Waals surface area (Å²) in [4.78, 5) is 0. The van der Waals surface area contributed by atoms with E-state index in [0.717, 1.165) is 34.5 Å². The minimum Gasteiger partial charge on any atom is -0.0594 e. The zero-order valence-corrected chi connectivity index (χ0v) is 11.7. The molecule has 0 aliphatic heterocycles. The molecule has 4 aliphatic rings. The van der Waals surface area contributed by atoms with Crippen LogP contribution >= 0.6 is 0 Å². The van der Waals surface area contributed by atoms with E-state index >= 15 is 0 Å². The first kappa shape index (κ1) is 10.9. The standard InChI is InChI=1S/C17H28/c1-16-9-4-6-14(16)13-8-7-12-5-3-10-17(12,2)15(13)11-16/h12-15H,3-11H2,1-2H3/t12?,13?,14?,15?,16-,17?/m0/s1. The van der Waals surface area contributed by atoms with E-state index in [-0.39, 0.29) is 0 Å². The smallest absolute Gasteiger partial charge is 0.0266 e. The lowest BCUT2D eigenvalue weighted by Gasteiger charge is -2.46. The Hall–Kier alpha value is 0. The first-order chi connectivity index (χ1) is 8.13. The molecule has 4 fully saturated rings. The summed E-state index contributed by atoms with van der Waals surface area (Å²) in [6.07, 6.45) is 14.0. The van der Waals surface area contributed by atoms with Gasteiger partial charge in [-0.3, -0.25) is 0 Å². The Labute approximate surface area is 107 Å². The molecule has 0 bridgehead atoms. The summed E-state index contributed by atoms with van der Waals surface area (Å²) in [5.41, 5.74) is 1.52. The molecule has 0 amide bonds. The maximum atomic E-state index is 2.67. The number of rotatable bonds is 0. The van der Waals surface area contributed by atoms with E-state index in [1.54, 1.807) is 44.9 Å². The normalized spacial score (nSPS) is 61.1. The SMILES string of the molecule is CC12CCCC1CCC1C2C[C@]2(C)CCCC12. The van der Waals surface area contributed by atoms with Gasteiger partial charge in [0, 0.05) is 0 Å².